The molecular formula is C14H12FN5OS. The molecule has 3 N–H and O–H groups in total. The highest BCUT2D eigenvalue weighted by molar-refractivity contribution is 7.99. The Morgan fingerprint density at radius 1 is 1.41 bits per heavy atom. The predicted octanol–water partition coefficient (Wildman–Crippen LogP) is 1.48. The Hall–Kier alpha value is -2.66. The van der Waals surface area contributed by atoms with Gasteiger partial charge in [-0.3, -0.25) is 4.79 Å². The molecule has 2 rings (SSSR count). The number of nitriles is 1. The van der Waals surface area contributed by atoms with Crippen LogP contribution in [-0.4, -0.2) is 21.6 Å². The number of thioether (sulfide) groups is 1. The molecule has 1 amide bonds. The van der Waals surface area contributed by atoms with Crippen molar-refractivity contribution in [3.05, 3.63) is 47.4 Å². The van der Waals surface area contributed by atoms with Gasteiger partial charge in [0.05, 0.1) is 11.9 Å². The molecular weight excluding hydrogens is 305 g/mol. The standard InChI is InChI=1S/C14H12FN5OS/c15-11-3-1-9(2-4-11)6-18-12(21)8-22-14-19-7-10(5-16)13(17)20-14/h1-4,7H,6,8H2,(H,18,21)(H2,17,19,20). The third-order valence-electron chi connectivity index (χ3n) is 2.65. The first-order valence-electron chi connectivity index (χ1n) is 6.25. The number of hydrogen-bond donors (Lipinski definition) is 2. The van der Waals surface area contributed by atoms with Crippen molar-refractivity contribution >= 4 is 23.5 Å². The van der Waals surface area contributed by atoms with Gasteiger partial charge < -0.3 is 11.1 Å². The third-order valence-corrected chi connectivity index (χ3v) is 3.51. The van der Waals surface area contributed by atoms with Crippen molar-refractivity contribution in [2.75, 3.05) is 11.5 Å². The molecule has 0 bridgehead atoms. The van der Waals surface area contributed by atoms with E-state index in [1.165, 1.54) is 18.3 Å². The molecule has 6 nitrogen and oxygen atoms in total. The van der Waals surface area contributed by atoms with E-state index < -0.39 is 0 Å². The SMILES string of the molecule is N#Cc1cnc(SCC(=O)NCc2ccc(F)cc2)nc1N. The number of amides is 1. The number of carbonyl (C=O) groups excluding carboxylic acids is 1. The molecule has 1 aromatic heterocycles. The smallest absolute Gasteiger partial charge is 0.230 e. The molecule has 22 heavy (non-hydrogen) atoms. The van der Waals surface area contributed by atoms with E-state index >= 15 is 0 Å². The van der Waals surface area contributed by atoms with E-state index in [2.05, 4.69) is 15.3 Å². The Morgan fingerprint density at radius 2 is 2.14 bits per heavy atom. The van der Waals surface area contributed by atoms with Crippen LogP contribution in [-0.2, 0) is 11.3 Å². The molecule has 0 atom stereocenters. The van der Waals surface area contributed by atoms with Crippen LogP contribution in [0.25, 0.3) is 0 Å². The van der Waals surface area contributed by atoms with Crippen molar-refractivity contribution in [1.29, 1.82) is 5.26 Å². The lowest BCUT2D eigenvalue weighted by Gasteiger charge is -2.05. The first-order valence-corrected chi connectivity index (χ1v) is 7.23. The molecule has 2 aromatic rings. The summed E-state index contributed by atoms with van der Waals surface area (Å²) in [5.41, 5.74) is 6.57. The summed E-state index contributed by atoms with van der Waals surface area (Å²) >= 11 is 1.12. The number of rotatable bonds is 5. The number of carbonyl (C=O) groups is 1. The average Bonchev–Trinajstić information content (AvgIpc) is 2.52. The molecule has 8 heteroatoms. The summed E-state index contributed by atoms with van der Waals surface area (Å²) in [6.45, 7) is 0.316. The van der Waals surface area contributed by atoms with Crippen LogP contribution < -0.4 is 11.1 Å². The summed E-state index contributed by atoms with van der Waals surface area (Å²) in [6, 6.07) is 7.75. The lowest BCUT2D eigenvalue weighted by Crippen LogP contribution is -2.24. The van der Waals surface area contributed by atoms with Crippen molar-refractivity contribution in [3.63, 3.8) is 0 Å². The Kier molecular flexibility index (Phi) is 5.27. The van der Waals surface area contributed by atoms with E-state index in [9.17, 15) is 9.18 Å². The summed E-state index contributed by atoms with van der Waals surface area (Å²) in [6.07, 6.45) is 1.32. The molecule has 0 unspecified atom stereocenters. The first-order chi connectivity index (χ1) is 10.6. The third kappa shape index (κ3) is 4.43. The highest BCUT2D eigenvalue weighted by atomic mass is 32.2. The fraction of sp³-hybridized carbons (Fsp3) is 0.143. The molecule has 1 aromatic carbocycles. The zero-order valence-electron chi connectivity index (χ0n) is 11.4. The molecule has 112 valence electrons. The topological polar surface area (TPSA) is 105 Å². The van der Waals surface area contributed by atoms with Gasteiger partial charge in [0.25, 0.3) is 0 Å². The normalized spacial score (nSPS) is 10.0. The van der Waals surface area contributed by atoms with E-state index in [1.807, 2.05) is 6.07 Å². The molecule has 1 heterocycles. The van der Waals surface area contributed by atoms with E-state index in [0.29, 0.717) is 11.7 Å². The van der Waals surface area contributed by atoms with E-state index in [-0.39, 0.29) is 28.9 Å². The Morgan fingerprint density at radius 3 is 2.77 bits per heavy atom. The molecule has 0 radical (unpaired) electrons. The second kappa shape index (κ2) is 7.38. The van der Waals surface area contributed by atoms with Crippen molar-refractivity contribution in [3.8, 4) is 6.07 Å². The van der Waals surface area contributed by atoms with Crippen LogP contribution in [0.1, 0.15) is 11.1 Å². The monoisotopic (exact) mass is 317 g/mol. The average molecular weight is 317 g/mol. The maximum absolute atomic E-state index is 12.7. The van der Waals surface area contributed by atoms with Crippen LogP contribution in [0.4, 0.5) is 10.2 Å². The van der Waals surface area contributed by atoms with Crippen LogP contribution in [0.2, 0.25) is 0 Å². The molecule has 0 saturated carbocycles. The zero-order valence-corrected chi connectivity index (χ0v) is 12.2. The van der Waals surface area contributed by atoms with Crippen LogP contribution in [0, 0.1) is 17.1 Å². The highest BCUT2D eigenvalue weighted by Crippen LogP contribution is 2.15. The van der Waals surface area contributed by atoms with Gasteiger partial charge in [-0.15, -0.1) is 0 Å². The fourth-order valence-corrected chi connectivity index (χ4v) is 2.17. The maximum atomic E-state index is 12.7. The Balaban J connectivity index is 1.81. The summed E-state index contributed by atoms with van der Waals surface area (Å²) in [5.74, 6) is -0.319. The van der Waals surface area contributed by atoms with E-state index in [1.54, 1.807) is 12.1 Å². The summed E-state index contributed by atoms with van der Waals surface area (Å²) in [4.78, 5) is 19.6. The first kappa shape index (κ1) is 15.7. The summed E-state index contributed by atoms with van der Waals surface area (Å²) in [5, 5.41) is 11.8. The molecule has 0 saturated heterocycles. The predicted molar refractivity (Wildman–Crippen MR) is 80.1 cm³/mol. The zero-order chi connectivity index (χ0) is 15.9. The van der Waals surface area contributed by atoms with Crippen LogP contribution in [0.15, 0.2) is 35.6 Å². The van der Waals surface area contributed by atoms with Crippen LogP contribution in [0.5, 0.6) is 0 Å². The summed E-state index contributed by atoms with van der Waals surface area (Å²) in [7, 11) is 0. The van der Waals surface area contributed by atoms with Gasteiger partial charge in [0.15, 0.2) is 5.16 Å². The lowest BCUT2D eigenvalue weighted by atomic mass is 10.2. The minimum Gasteiger partial charge on any atom is -0.382 e. The number of nitrogens with zero attached hydrogens (tertiary/aromatic N) is 3. The highest BCUT2D eigenvalue weighted by Gasteiger charge is 2.07. The van der Waals surface area contributed by atoms with Crippen molar-refractivity contribution in [2.45, 2.75) is 11.7 Å². The van der Waals surface area contributed by atoms with Crippen LogP contribution in [0.3, 0.4) is 0 Å². The quantitative estimate of drug-likeness (QED) is 0.639. The van der Waals surface area contributed by atoms with Gasteiger partial charge in [-0.05, 0) is 17.7 Å². The van der Waals surface area contributed by atoms with Crippen molar-refractivity contribution < 1.29 is 9.18 Å². The van der Waals surface area contributed by atoms with Gasteiger partial charge in [0.2, 0.25) is 5.91 Å². The number of nitrogen functional groups attached to an aromatic ring is 1. The lowest BCUT2D eigenvalue weighted by molar-refractivity contribution is -0.118. The number of hydrogen-bond acceptors (Lipinski definition) is 6. The number of halogens is 1. The van der Waals surface area contributed by atoms with Crippen LogP contribution >= 0.6 is 11.8 Å². The van der Waals surface area contributed by atoms with Crippen molar-refractivity contribution in [2.24, 2.45) is 0 Å². The van der Waals surface area contributed by atoms with E-state index in [0.717, 1.165) is 17.3 Å². The second-order valence-corrected chi connectivity index (χ2v) is 5.20. The summed E-state index contributed by atoms with van der Waals surface area (Å²) < 4.78 is 12.7. The second-order valence-electron chi connectivity index (χ2n) is 4.26. The number of benzene rings is 1. The molecule has 0 aliphatic carbocycles. The maximum Gasteiger partial charge on any atom is 0.230 e. The molecule has 0 aliphatic heterocycles. The van der Waals surface area contributed by atoms with Gasteiger partial charge in [0.1, 0.15) is 23.3 Å². The van der Waals surface area contributed by atoms with Gasteiger partial charge >= 0.3 is 0 Å². The minimum atomic E-state index is -0.318. The number of nitrogens with one attached hydrogen (secondary N) is 1. The molecule has 0 aliphatic rings. The number of nitrogens with two attached hydrogens (primary N) is 1. The van der Waals surface area contributed by atoms with E-state index in [4.69, 9.17) is 11.0 Å². The Labute approximate surface area is 130 Å². The van der Waals surface area contributed by atoms with Gasteiger partial charge in [-0.1, -0.05) is 23.9 Å². The van der Waals surface area contributed by atoms with Gasteiger partial charge in [-0.25, -0.2) is 14.4 Å². The Bertz CT molecular complexity index is 714. The van der Waals surface area contributed by atoms with Gasteiger partial charge in [-0.2, -0.15) is 5.26 Å². The minimum absolute atomic E-state index is 0.0896. The molecule has 0 fully saturated rings. The number of anilines is 1. The largest absolute Gasteiger partial charge is 0.382 e. The van der Waals surface area contributed by atoms with Gasteiger partial charge in [0, 0.05) is 6.54 Å². The fourth-order valence-electron chi connectivity index (χ4n) is 1.52. The number of aromatic nitrogens is 2. The van der Waals surface area contributed by atoms with Crippen molar-refractivity contribution in [1.82, 2.24) is 15.3 Å². The molecule has 0 spiro atoms.